The zero-order valence-electron chi connectivity index (χ0n) is 7.74. The monoisotopic (exact) mass is 240 g/mol. The Bertz CT molecular complexity index is 333. The van der Waals surface area contributed by atoms with Crippen molar-refractivity contribution in [3.05, 3.63) is 35.1 Å². The van der Waals surface area contributed by atoms with Crippen molar-refractivity contribution in [1.82, 2.24) is 0 Å². The van der Waals surface area contributed by atoms with Crippen LogP contribution in [0.1, 0.15) is 17.5 Å². The summed E-state index contributed by atoms with van der Waals surface area (Å²) in [7, 11) is 0. The van der Waals surface area contributed by atoms with Crippen molar-refractivity contribution in [1.29, 1.82) is 0 Å². The lowest BCUT2D eigenvalue weighted by atomic mass is 10.0. The molecule has 0 bridgehead atoms. The van der Waals surface area contributed by atoms with Gasteiger partial charge in [0.15, 0.2) is 0 Å². The van der Waals surface area contributed by atoms with E-state index in [1.807, 2.05) is 0 Å². The van der Waals surface area contributed by atoms with Gasteiger partial charge in [-0.1, -0.05) is 6.07 Å². The summed E-state index contributed by atoms with van der Waals surface area (Å²) in [6.07, 6.45) is -3.86. The minimum Gasteiger partial charge on any atom is -0.207 e. The first kappa shape index (κ1) is 12.3. The molecule has 0 aliphatic carbocycles. The van der Waals surface area contributed by atoms with Gasteiger partial charge >= 0.3 is 6.18 Å². The number of alkyl halides is 4. The van der Waals surface area contributed by atoms with Crippen molar-refractivity contribution in [2.45, 2.75) is 19.0 Å². The van der Waals surface area contributed by atoms with Gasteiger partial charge in [-0.2, -0.15) is 13.2 Å². The summed E-state index contributed by atoms with van der Waals surface area (Å²) in [5.41, 5.74) is -0.822. The summed E-state index contributed by atoms with van der Waals surface area (Å²) in [6.45, 7) is 0. The summed E-state index contributed by atoms with van der Waals surface area (Å²) in [5.74, 6) is -0.591. The van der Waals surface area contributed by atoms with Gasteiger partial charge in [-0.05, 0) is 30.5 Å². The molecule has 0 fully saturated rings. The standard InChI is InChI=1S/C10H9ClF4/c11-5-1-2-7-3-4-8(12)6-9(7)10(13,14)15/h3-4,6H,1-2,5H2. The van der Waals surface area contributed by atoms with Crippen molar-refractivity contribution < 1.29 is 17.6 Å². The van der Waals surface area contributed by atoms with Gasteiger partial charge in [-0.15, -0.1) is 11.6 Å². The maximum atomic E-state index is 12.7. The maximum absolute atomic E-state index is 12.7. The number of halogens is 5. The summed E-state index contributed by atoms with van der Waals surface area (Å²) < 4.78 is 50.0. The molecule has 0 aliphatic heterocycles. The average molecular weight is 241 g/mol. The normalized spacial score (nSPS) is 11.8. The third-order valence-corrected chi connectivity index (χ3v) is 2.22. The van der Waals surface area contributed by atoms with Crippen LogP contribution in [0.3, 0.4) is 0 Å². The second kappa shape index (κ2) is 4.84. The van der Waals surface area contributed by atoms with Crippen LogP contribution in [0.15, 0.2) is 18.2 Å². The molecule has 0 spiro atoms. The first-order valence-electron chi connectivity index (χ1n) is 4.36. The first-order chi connectivity index (χ1) is 6.95. The molecule has 0 nitrogen and oxygen atoms in total. The molecule has 0 N–H and O–H groups in total. The van der Waals surface area contributed by atoms with Crippen LogP contribution in [0.4, 0.5) is 17.6 Å². The highest BCUT2D eigenvalue weighted by molar-refractivity contribution is 6.17. The highest BCUT2D eigenvalue weighted by Gasteiger charge is 2.33. The highest BCUT2D eigenvalue weighted by Crippen LogP contribution is 2.33. The third kappa shape index (κ3) is 3.38. The van der Waals surface area contributed by atoms with Gasteiger partial charge in [0, 0.05) is 5.88 Å². The summed E-state index contributed by atoms with van der Waals surface area (Å²) in [5, 5.41) is 0. The molecule has 0 atom stereocenters. The zero-order chi connectivity index (χ0) is 11.5. The highest BCUT2D eigenvalue weighted by atomic mass is 35.5. The van der Waals surface area contributed by atoms with E-state index in [-0.39, 0.29) is 17.9 Å². The Kier molecular flexibility index (Phi) is 3.97. The van der Waals surface area contributed by atoms with Gasteiger partial charge in [0.1, 0.15) is 5.82 Å². The Morgan fingerprint density at radius 1 is 1.20 bits per heavy atom. The van der Waals surface area contributed by atoms with E-state index < -0.39 is 17.6 Å². The van der Waals surface area contributed by atoms with Gasteiger partial charge in [-0.25, -0.2) is 4.39 Å². The van der Waals surface area contributed by atoms with Crippen LogP contribution in [0.2, 0.25) is 0 Å². The van der Waals surface area contributed by atoms with E-state index in [1.165, 1.54) is 0 Å². The minimum atomic E-state index is -4.51. The summed E-state index contributed by atoms with van der Waals surface area (Å²) in [4.78, 5) is 0. The molecule has 0 unspecified atom stereocenters. The number of rotatable bonds is 3. The minimum absolute atomic E-state index is 0.0875. The first-order valence-corrected chi connectivity index (χ1v) is 4.90. The Morgan fingerprint density at radius 2 is 1.87 bits per heavy atom. The topological polar surface area (TPSA) is 0 Å². The number of aryl methyl sites for hydroxylation is 1. The predicted molar refractivity (Wildman–Crippen MR) is 50.4 cm³/mol. The molecule has 0 amide bonds. The van der Waals surface area contributed by atoms with Crippen molar-refractivity contribution >= 4 is 11.6 Å². The second-order valence-corrected chi connectivity index (χ2v) is 3.47. The zero-order valence-corrected chi connectivity index (χ0v) is 8.50. The van der Waals surface area contributed by atoms with Crippen molar-refractivity contribution in [3.8, 4) is 0 Å². The number of hydrogen-bond acceptors (Lipinski definition) is 0. The number of hydrogen-bond donors (Lipinski definition) is 0. The van der Waals surface area contributed by atoms with Crippen LogP contribution in [0.5, 0.6) is 0 Å². The van der Waals surface area contributed by atoms with Gasteiger partial charge < -0.3 is 0 Å². The SMILES string of the molecule is Fc1ccc(CCCCl)c(C(F)(F)F)c1. The third-order valence-electron chi connectivity index (χ3n) is 1.96. The molecule has 84 valence electrons. The quantitative estimate of drug-likeness (QED) is 0.553. The van der Waals surface area contributed by atoms with E-state index in [9.17, 15) is 17.6 Å². The average Bonchev–Trinajstić information content (AvgIpc) is 2.14. The molecular formula is C10H9ClF4. The van der Waals surface area contributed by atoms with Crippen LogP contribution in [0, 0.1) is 5.82 Å². The van der Waals surface area contributed by atoms with Gasteiger partial charge in [-0.3, -0.25) is 0 Å². The van der Waals surface area contributed by atoms with Crippen molar-refractivity contribution in [3.63, 3.8) is 0 Å². The smallest absolute Gasteiger partial charge is 0.207 e. The lowest BCUT2D eigenvalue weighted by Gasteiger charge is -2.12. The molecule has 0 saturated heterocycles. The molecule has 1 aromatic rings. The Hall–Kier alpha value is -0.770. The van der Waals surface area contributed by atoms with Gasteiger partial charge in [0.2, 0.25) is 0 Å². The fraction of sp³-hybridized carbons (Fsp3) is 0.400. The van der Waals surface area contributed by atoms with Crippen molar-refractivity contribution in [2.75, 3.05) is 5.88 Å². The number of benzene rings is 1. The Morgan fingerprint density at radius 3 is 2.40 bits per heavy atom. The molecule has 0 aliphatic rings. The molecule has 0 aromatic heterocycles. The van der Waals surface area contributed by atoms with Crippen LogP contribution in [0.25, 0.3) is 0 Å². The molecule has 1 aromatic carbocycles. The maximum Gasteiger partial charge on any atom is 0.416 e. The second-order valence-electron chi connectivity index (χ2n) is 3.09. The lowest BCUT2D eigenvalue weighted by Crippen LogP contribution is -2.10. The van der Waals surface area contributed by atoms with Crippen LogP contribution < -0.4 is 0 Å². The van der Waals surface area contributed by atoms with E-state index in [2.05, 4.69) is 0 Å². The Labute approximate surface area is 89.9 Å². The van der Waals surface area contributed by atoms with Crippen LogP contribution in [-0.2, 0) is 12.6 Å². The van der Waals surface area contributed by atoms with Crippen molar-refractivity contribution in [2.24, 2.45) is 0 Å². The van der Waals surface area contributed by atoms with Crippen LogP contribution >= 0.6 is 11.6 Å². The fourth-order valence-electron chi connectivity index (χ4n) is 1.29. The largest absolute Gasteiger partial charge is 0.416 e. The predicted octanol–water partition coefficient (Wildman–Crippen LogP) is 4.02. The van der Waals surface area contributed by atoms with E-state index in [1.54, 1.807) is 0 Å². The molecule has 1 rings (SSSR count). The summed E-state index contributed by atoms with van der Waals surface area (Å²) >= 11 is 5.39. The lowest BCUT2D eigenvalue weighted by molar-refractivity contribution is -0.138. The molecule has 0 radical (unpaired) electrons. The van der Waals surface area contributed by atoms with Crippen LogP contribution in [-0.4, -0.2) is 5.88 Å². The molecule has 5 heteroatoms. The molecule has 0 saturated carbocycles. The van der Waals surface area contributed by atoms with Gasteiger partial charge in [0.05, 0.1) is 5.56 Å². The van der Waals surface area contributed by atoms with E-state index in [0.717, 1.165) is 12.1 Å². The Balaban J connectivity index is 3.04. The van der Waals surface area contributed by atoms with E-state index in [4.69, 9.17) is 11.6 Å². The summed E-state index contributed by atoms with van der Waals surface area (Å²) in [6, 6.07) is 2.70. The molecular weight excluding hydrogens is 232 g/mol. The fourth-order valence-corrected chi connectivity index (χ4v) is 1.42. The van der Waals surface area contributed by atoms with E-state index >= 15 is 0 Å². The molecule has 15 heavy (non-hydrogen) atoms. The van der Waals surface area contributed by atoms with Gasteiger partial charge in [0.25, 0.3) is 0 Å². The molecule has 0 heterocycles. The van der Waals surface area contributed by atoms with E-state index in [0.29, 0.717) is 12.5 Å².